The second kappa shape index (κ2) is 4.35. The van der Waals surface area contributed by atoms with Gasteiger partial charge in [-0.15, -0.1) is 0 Å². The fraction of sp³-hybridized carbons (Fsp3) is 0.368. The van der Waals surface area contributed by atoms with Crippen molar-refractivity contribution in [3.05, 3.63) is 59.2 Å². The molecule has 0 radical (unpaired) electrons. The van der Waals surface area contributed by atoms with E-state index in [1.54, 1.807) is 5.56 Å². The first-order chi connectivity index (χ1) is 10.4. The van der Waals surface area contributed by atoms with E-state index in [0.29, 0.717) is 12.0 Å². The number of fused-ring (bicyclic) bond motifs is 5. The summed E-state index contributed by atoms with van der Waals surface area (Å²) >= 11 is 0. The van der Waals surface area contributed by atoms with E-state index in [-0.39, 0.29) is 0 Å². The second-order valence-corrected chi connectivity index (χ2v) is 6.52. The van der Waals surface area contributed by atoms with Gasteiger partial charge in [0.05, 0.1) is 0 Å². The molecule has 3 aliphatic rings. The number of rotatable bonds is 0. The predicted molar refractivity (Wildman–Crippen MR) is 86.4 cm³/mol. The topological polar surface area (TPSA) is 15.3 Å². The van der Waals surface area contributed by atoms with Crippen molar-refractivity contribution in [3.8, 4) is 0 Å². The Morgan fingerprint density at radius 3 is 2.81 bits per heavy atom. The minimum atomic E-state index is 0.640. The largest absolute Gasteiger partial charge is 0.337 e. The molecule has 1 unspecified atom stereocenters. The van der Waals surface area contributed by atoms with Crippen LogP contribution in [0, 0.1) is 0 Å². The number of hydrogen-bond donors (Lipinski definition) is 1. The summed E-state index contributed by atoms with van der Waals surface area (Å²) in [6.45, 7) is 2.27. The third-order valence-corrected chi connectivity index (χ3v) is 5.48. The SMILES string of the molecule is c1ccc2c(c1)CCc1cccc3c1N2C1CCNC[C@@H]31. The van der Waals surface area contributed by atoms with Gasteiger partial charge in [0, 0.05) is 29.9 Å². The molecule has 2 aromatic rings. The smallest absolute Gasteiger partial charge is 0.0483 e. The van der Waals surface area contributed by atoms with Gasteiger partial charge in [0.1, 0.15) is 0 Å². The quantitative estimate of drug-likeness (QED) is 0.793. The van der Waals surface area contributed by atoms with Gasteiger partial charge < -0.3 is 10.2 Å². The van der Waals surface area contributed by atoms with Gasteiger partial charge in [-0.1, -0.05) is 36.4 Å². The van der Waals surface area contributed by atoms with Crippen LogP contribution in [-0.2, 0) is 12.8 Å². The van der Waals surface area contributed by atoms with Crippen LogP contribution in [-0.4, -0.2) is 19.1 Å². The Kier molecular flexibility index (Phi) is 2.45. The van der Waals surface area contributed by atoms with Crippen molar-refractivity contribution in [2.45, 2.75) is 31.2 Å². The van der Waals surface area contributed by atoms with Gasteiger partial charge in [0.25, 0.3) is 0 Å². The first kappa shape index (κ1) is 11.8. The van der Waals surface area contributed by atoms with Gasteiger partial charge in [0.15, 0.2) is 0 Å². The fourth-order valence-electron chi connectivity index (χ4n) is 4.57. The van der Waals surface area contributed by atoms with Crippen LogP contribution in [0.4, 0.5) is 11.4 Å². The van der Waals surface area contributed by atoms with Gasteiger partial charge in [-0.25, -0.2) is 0 Å². The molecule has 1 N–H and O–H groups in total. The van der Waals surface area contributed by atoms with Crippen LogP contribution in [0.3, 0.4) is 0 Å². The number of para-hydroxylation sites is 2. The van der Waals surface area contributed by atoms with E-state index in [0.717, 1.165) is 13.1 Å². The van der Waals surface area contributed by atoms with Crippen molar-refractivity contribution >= 4 is 11.4 Å². The van der Waals surface area contributed by atoms with Crippen molar-refractivity contribution in [3.63, 3.8) is 0 Å². The highest BCUT2D eigenvalue weighted by Crippen LogP contribution is 2.51. The van der Waals surface area contributed by atoms with Crippen LogP contribution >= 0.6 is 0 Å². The molecule has 106 valence electrons. The Labute approximate surface area is 125 Å². The van der Waals surface area contributed by atoms with Crippen LogP contribution in [0.1, 0.15) is 29.0 Å². The zero-order valence-corrected chi connectivity index (χ0v) is 12.2. The van der Waals surface area contributed by atoms with Crippen molar-refractivity contribution in [2.75, 3.05) is 18.0 Å². The molecule has 0 spiro atoms. The van der Waals surface area contributed by atoms with Crippen LogP contribution in [0.25, 0.3) is 0 Å². The monoisotopic (exact) mass is 276 g/mol. The molecule has 0 aliphatic carbocycles. The lowest BCUT2D eigenvalue weighted by Gasteiger charge is -2.34. The Morgan fingerprint density at radius 2 is 1.81 bits per heavy atom. The minimum absolute atomic E-state index is 0.640. The van der Waals surface area contributed by atoms with E-state index in [9.17, 15) is 0 Å². The van der Waals surface area contributed by atoms with E-state index in [1.165, 1.54) is 41.8 Å². The van der Waals surface area contributed by atoms with Crippen molar-refractivity contribution in [1.29, 1.82) is 0 Å². The molecule has 0 saturated carbocycles. The lowest BCUT2D eigenvalue weighted by molar-refractivity contribution is 0.419. The maximum atomic E-state index is 3.59. The first-order valence-corrected chi connectivity index (χ1v) is 8.13. The molecule has 21 heavy (non-hydrogen) atoms. The molecular weight excluding hydrogens is 256 g/mol. The normalized spacial score (nSPS) is 25.8. The number of piperidine rings is 1. The molecule has 0 bridgehead atoms. The molecule has 3 aliphatic heterocycles. The molecule has 0 amide bonds. The summed E-state index contributed by atoms with van der Waals surface area (Å²) in [6, 6.07) is 16.6. The van der Waals surface area contributed by atoms with Gasteiger partial charge in [-0.2, -0.15) is 0 Å². The molecule has 2 nitrogen and oxygen atoms in total. The van der Waals surface area contributed by atoms with Gasteiger partial charge >= 0.3 is 0 Å². The summed E-state index contributed by atoms with van der Waals surface area (Å²) in [5.74, 6) is 0.653. The first-order valence-electron chi connectivity index (χ1n) is 8.13. The molecule has 1 fully saturated rings. The average molecular weight is 276 g/mol. The summed E-state index contributed by atoms with van der Waals surface area (Å²) in [6.07, 6.45) is 3.58. The summed E-state index contributed by atoms with van der Waals surface area (Å²) in [4.78, 5) is 2.68. The van der Waals surface area contributed by atoms with E-state index in [1.807, 2.05) is 0 Å². The standard InChI is InChI=1S/C19H20N2/c1-2-7-17-13(4-1)8-9-14-5-3-6-15-16-12-20-11-10-18(16)21(17)19(14)15/h1-7,16,18,20H,8-12H2/t16-,18?/m0/s1. The van der Waals surface area contributed by atoms with E-state index >= 15 is 0 Å². The molecule has 1 saturated heterocycles. The molecule has 3 heterocycles. The third kappa shape index (κ3) is 1.57. The van der Waals surface area contributed by atoms with Crippen molar-refractivity contribution in [2.24, 2.45) is 0 Å². The van der Waals surface area contributed by atoms with Crippen LogP contribution in [0.15, 0.2) is 42.5 Å². The molecule has 5 rings (SSSR count). The van der Waals surface area contributed by atoms with E-state index in [2.05, 4.69) is 52.7 Å². The second-order valence-electron chi connectivity index (χ2n) is 6.52. The molecule has 2 aromatic carbocycles. The fourth-order valence-corrected chi connectivity index (χ4v) is 4.57. The summed E-state index contributed by atoms with van der Waals surface area (Å²) in [5, 5.41) is 3.59. The lowest BCUT2D eigenvalue weighted by atomic mass is 9.88. The number of nitrogens with zero attached hydrogens (tertiary/aromatic N) is 1. The zero-order valence-electron chi connectivity index (χ0n) is 12.2. The Morgan fingerprint density at radius 1 is 0.952 bits per heavy atom. The highest BCUT2D eigenvalue weighted by Gasteiger charge is 2.42. The molecule has 2 atom stereocenters. The van der Waals surface area contributed by atoms with Gasteiger partial charge in [-0.05, 0) is 48.6 Å². The van der Waals surface area contributed by atoms with Gasteiger partial charge in [0.2, 0.25) is 0 Å². The Balaban J connectivity index is 1.79. The van der Waals surface area contributed by atoms with E-state index < -0.39 is 0 Å². The molecule has 2 heteroatoms. The average Bonchev–Trinajstić information content (AvgIpc) is 2.78. The van der Waals surface area contributed by atoms with Crippen molar-refractivity contribution in [1.82, 2.24) is 5.32 Å². The highest BCUT2D eigenvalue weighted by molar-refractivity contribution is 5.79. The molecular formula is C19H20N2. The Hall–Kier alpha value is -1.80. The summed E-state index contributed by atoms with van der Waals surface area (Å²) < 4.78 is 0. The number of benzene rings is 2. The maximum Gasteiger partial charge on any atom is 0.0483 e. The van der Waals surface area contributed by atoms with E-state index in [4.69, 9.17) is 0 Å². The van der Waals surface area contributed by atoms with Crippen molar-refractivity contribution < 1.29 is 0 Å². The number of anilines is 2. The predicted octanol–water partition coefficient (Wildman–Crippen LogP) is 3.38. The zero-order chi connectivity index (χ0) is 13.8. The summed E-state index contributed by atoms with van der Waals surface area (Å²) in [5.41, 5.74) is 7.61. The van der Waals surface area contributed by atoms with Gasteiger partial charge in [-0.3, -0.25) is 0 Å². The number of aryl methyl sites for hydroxylation is 2. The molecule has 0 aromatic heterocycles. The third-order valence-electron chi connectivity index (χ3n) is 5.48. The van der Waals surface area contributed by atoms with Crippen LogP contribution in [0.2, 0.25) is 0 Å². The minimum Gasteiger partial charge on any atom is -0.337 e. The maximum absolute atomic E-state index is 3.59. The number of nitrogens with one attached hydrogen (secondary N) is 1. The highest BCUT2D eigenvalue weighted by atomic mass is 15.2. The van der Waals surface area contributed by atoms with Crippen LogP contribution in [0.5, 0.6) is 0 Å². The lowest BCUT2D eigenvalue weighted by Crippen LogP contribution is -2.42. The Bertz CT molecular complexity index is 706. The van der Waals surface area contributed by atoms with Crippen LogP contribution < -0.4 is 10.2 Å². The summed E-state index contributed by atoms with van der Waals surface area (Å²) in [7, 11) is 0. The number of hydrogen-bond acceptors (Lipinski definition) is 2.